The molecule has 0 radical (unpaired) electrons. The molecule has 4 rings (SSSR count). The SMILES string of the molecule is COc1c(F)cc(F)cc1-c1c[nH]c2ncc(-c3cccc(NC(=O)C(C)=CBr)c3)cc12. The molecule has 0 aliphatic rings. The van der Waals surface area contributed by atoms with Gasteiger partial charge in [-0.15, -0.1) is 0 Å². The maximum atomic E-state index is 14.2. The van der Waals surface area contributed by atoms with E-state index in [0.717, 1.165) is 17.2 Å². The molecule has 2 N–H and O–H groups in total. The summed E-state index contributed by atoms with van der Waals surface area (Å²) in [5.74, 6) is -1.75. The molecule has 0 saturated heterocycles. The van der Waals surface area contributed by atoms with Crippen LogP contribution in [0.3, 0.4) is 0 Å². The maximum Gasteiger partial charge on any atom is 0.251 e. The Morgan fingerprint density at radius 1 is 1.16 bits per heavy atom. The number of rotatable bonds is 5. The number of pyridine rings is 1. The first kappa shape index (κ1) is 21.7. The van der Waals surface area contributed by atoms with E-state index in [-0.39, 0.29) is 17.2 Å². The van der Waals surface area contributed by atoms with Gasteiger partial charge in [0, 0.05) is 51.8 Å². The topological polar surface area (TPSA) is 67.0 Å². The summed E-state index contributed by atoms with van der Waals surface area (Å²) in [6.45, 7) is 1.70. The van der Waals surface area contributed by atoms with Gasteiger partial charge >= 0.3 is 0 Å². The number of carbonyl (C=O) groups is 1. The summed E-state index contributed by atoms with van der Waals surface area (Å²) in [6, 6.07) is 11.2. The van der Waals surface area contributed by atoms with Crippen LogP contribution in [0.25, 0.3) is 33.3 Å². The van der Waals surface area contributed by atoms with Crippen molar-refractivity contribution in [2.24, 2.45) is 0 Å². The second-order valence-corrected chi connectivity index (χ2v) is 7.58. The first-order chi connectivity index (χ1) is 15.4. The molecule has 2 aromatic carbocycles. The quantitative estimate of drug-likeness (QED) is 0.312. The minimum Gasteiger partial charge on any atom is -0.493 e. The third-order valence-corrected chi connectivity index (χ3v) is 5.70. The van der Waals surface area contributed by atoms with Crippen LogP contribution < -0.4 is 10.1 Å². The Hall–Kier alpha value is -3.52. The molecular weight excluding hydrogens is 480 g/mol. The number of amides is 1. The normalized spacial score (nSPS) is 11.6. The lowest BCUT2D eigenvalue weighted by molar-refractivity contribution is -0.112. The van der Waals surface area contributed by atoms with Crippen molar-refractivity contribution in [2.75, 3.05) is 12.4 Å². The van der Waals surface area contributed by atoms with Crippen molar-refractivity contribution in [2.45, 2.75) is 6.92 Å². The summed E-state index contributed by atoms with van der Waals surface area (Å²) in [7, 11) is 1.34. The van der Waals surface area contributed by atoms with E-state index in [1.54, 1.807) is 30.4 Å². The number of aromatic amines is 1. The minimum atomic E-state index is -0.780. The fourth-order valence-electron chi connectivity index (χ4n) is 3.41. The largest absolute Gasteiger partial charge is 0.493 e. The molecule has 2 heterocycles. The van der Waals surface area contributed by atoms with Gasteiger partial charge in [-0.25, -0.2) is 13.8 Å². The van der Waals surface area contributed by atoms with Gasteiger partial charge in [0.05, 0.1) is 7.11 Å². The molecule has 2 aromatic heterocycles. The smallest absolute Gasteiger partial charge is 0.251 e. The van der Waals surface area contributed by atoms with Gasteiger partial charge in [0.25, 0.3) is 5.91 Å². The molecule has 0 fully saturated rings. The van der Waals surface area contributed by atoms with E-state index in [1.165, 1.54) is 13.2 Å². The van der Waals surface area contributed by atoms with E-state index >= 15 is 0 Å². The molecule has 0 saturated carbocycles. The monoisotopic (exact) mass is 497 g/mol. The number of nitrogens with one attached hydrogen (secondary N) is 2. The summed E-state index contributed by atoms with van der Waals surface area (Å²) in [5.41, 5.74) is 4.18. The number of anilines is 1. The molecule has 5 nitrogen and oxygen atoms in total. The molecular formula is C24H18BrF2N3O2. The second-order valence-electron chi connectivity index (χ2n) is 7.12. The summed E-state index contributed by atoms with van der Waals surface area (Å²) < 4.78 is 33.4. The van der Waals surface area contributed by atoms with Crippen molar-refractivity contribution in [1.82, 2.24) is 9.97 Å². The lowest BCUT2D eigenvalue weighted by Gasteiger charge is -2.10. The Morgan fingerprint density at radius 3 is 2.72 bits per heavy atom. The molecule has 0 atom stereocenters. The summed E-state index contributed by atoms with van der Waals surface area (Å²) in [6.07, 6.45) is 3.33. The Kier molecular flexibility index (Phi) is 6.05. The maximum absolute atomic E-state index is 14.2. The van der Waals surface area contributed by atoms with Crippen molar-refractivity contribution >= 4 is 38.6 Å². The van der Waals surface area contributed by atoms with Gasteiger partial charge in [-0.2, -0.15) is 0 Å². The minimum absolute atomic E-state index is 0.0439. The summed E-state index contributed by atoms with van der Waals surface area (Å²) in [4.78, 5) is 21.2. The van der Waals surface area contributed by atoms with Crippen molar-refractivity contribution in [3.63, 3.8) is 0 Å². The van der Waals surface area contributed by atoms with Crippen LogP contribution >= 0.6 is 15.9 Å². The van der Waals surface area contributed by atoms with E-state index in [9.17, 15) is 13.6 Å². The molecule has 4 aromatic rings. The lowest BCUT2D eigenvalue weighted by atomic mass is 10.0. The molecule has 0 unspecified atom stereocenters. The highest BCUT2D eigenvalue weighted by molar-refractivity contribution is 9.11. The lowest BCUT2D eigenvalue weighted by Crippen LogP contribution is -2.12. The van der Waals surface area contributed by atoms with Crippen molar-refractivity contribution < 1.29 is 18.3 Å². The van der Waals surface area contributed by atoms with E-state index < -0.39 is 11.6 Å². The fourth-order valence-corrected chi connectivity index (χ4v) is 3.62. The van der Waals surface area contributed by atoms with Crippen LogP contribution in [0.2, 0.25) is 0 Å². The molecule has 0 spiro atoms. The van der Waals surface area contributed by atoms with Crippen LogP contribution in [-0.4, -0.2) is 23.0 Å². The molecule has 0 aliphatic heterocycles. The summed E-state index contributed by atoms with van der Waals surface area (Å²) >= 11 is 3.15. The number of hydrogen-bond acceptors (Lipinski definition) is 3. The van der Waals surface area contributed by atoms with Gasteiger partial charge in [-0.1, -0.05) is 28.1 Å². The van der Waals surface area contributed by atoms with Crippen LogP contribution in [-0.2, 0) is 4.79 Å². The highest BCUT2D eigenvalue weighted by atomic mass is 79.9. The fraction of sp³-hybridized carbons (Fsp3) is 0.0833. The van der Waals surface area contributed by atoms with Gasteiger partial charge < -0.3 is 15.0 Å². The standard InChI is InChI=1S/C24H18BrF2N3O2/c1-13(10-25)24(31)30-17-5-3-4-14(6-17)15-7-19-20(12-29-23(19)28-11-15)18-8-16(26)9-21(27)22(18)32-2/h3-12H,1-2H3,(H,28,29)(H,30,31). The number of fused-ring (bicyclic) bond motifs is 1. The number of carbonyl (C=O) groups excluding carboxylic acids is 1. The molecule has 0 bridgehead atoms. The van der Waals surface area contributed by atoms with Gasteiger partial charge in [0.2, 0.25) is 0 Å². The number of ether oxygens (including phenoxy) is 1. The number of benzene rings is 2. The Labute approximate surface area is 191 Å². The number of hydrogen-bond donors (Lipinski definition) is 2. The summed E-state index contributed by atoms with van der Waals surface area (Å²) in [5, 5.41) is 3.52. The zero-order valence-corrected chi connectivity index (χ0v) is 18.8. The predicted octanol–water partition coefficient (Wildman–Crippen LogP) is 6.42. The zero-order valence-electron chi connectivity index (χ0n) is 17.2. The Morgan fingerprint density at radius 2 is 1.97 bits per heavy atom. The van der Waals surface area contributed by atoms with Gasteiger partial charge in [-0.05, 0) is 41.7 Å². The predicted molar refractivity (Wildman–Crippen MR) is 125 cm³/mol. The van der Waals surface area contributed by atoms with E-state index in [0.29, 0.717) is 27.9 Å². The third kappa shape index (κ3) is 4.13. The van der Waals surface area contributed by atoms with Gasteiger partial charge in [-0.3, -0.25) is 4.79 Å². The molecule has 1 amide bonds. The van der Waals surface area contributed by atoms with E-state index in [2.05, 4.69) is 31.2 Å². The van der Waals surface area contributed by atoms with E-state index in [4.69, 9.17) is 4.74 Å². The zero-order chi connectivity index (χ0) is 22.8. The third-order valence-electron chi connectivity index (χ3n) is 5.01. The van der Waals surface area contributed by atoms with Crippen molar-refractivity contribution in [3.8, 4) is 28.0 Å². The molecule has 8 heteroatoms. The second kappa shape index (κ2) is 8.92. The number of H-pyrrole nitrogens is 1. The highest BCUT2D eigenvalue weighted by Crippen LogP contribution is 2.38. The first-order valence-corrected chi connectivity index (χ1v) is 10.5. The highest BCUT2D eigenvalue weighted by Gasteiger charge is 2.18. The molecule has 0 aliphatic carbocycles. The number of aromatic nitrogens is 2. The van der Waals surface area contributed by atoms with Gasteiger partial charge in [0.1, 0.15) is 11.5 Å². The van der Waals surface area contributed by atoms with Crippen LogP contribution in [0.1, 0.15) is 6.92 Å². The van der Waals surface area contributed by atoms with Crippen LogP contribution in [0.5, 0.6) is 5.75 Å². The van der Waals surface area contributed by atoms with Crippen molar-refractivity contribution in [1.29, 1.82) is 0 Å². The average Bonchev–Trinajstić information content (AvgIpc) is 3.21. The molecule has 162 valence electrons. The average molecular weight is 498 g/mol. The van der Waals surface area contributed by atoms with Gasteiger partial charge in [0.15, 0.2) is 11.6 Å². The first-order valence-electron chi connectivity index (χ1n) is 9.60. The van der Waals surface area contributed by atoms with Crippen LogP contribution in [0.4, 0.5) is 14.5 Å². The Bertz CT molecular complexity index is 1360. The number of halogens is 3. The number of nitrogens with zero attached hydrogens (tertiary/aromatic N) is 1. The van der Waals surface area contributed by atoms with E-state index in [1.807, 2.05) is 24.3 Å². The van der Waals surface area contributed by atoms with Crippen molar-refractivity contribution in [3.05, 3.63) is 77.1 Å². The number of methoxy groups -OCH3 is 1. The molecule has 32 heavy (non-hydrogen) atoms. The van der Waals surface area contributed by atoms with Crippen LogP contribution in [0.15, 0.2) is 65.4 Å². The van der Waals surface area contributed by atoms with Crippen LogP contribution in [0, 0.1) is 11.6 Å². The Balaban J connectivity index is 1.78.